The second-order valence-corrected chi connectivity index (χ2v) is 5.38. The summed E-state index contributed by atoms with van der Waals surface area (Å²) in [5.74, 6) is -1.21. The maximum atomic E-state index is 12.3. The molecule has 0 aromatic carbocycles. The lowest BCUT2D eigenvalue weighted by Gasteiger charge is -2.35. The summed E-state index contributed by atoms with van der Waals surface area (Å²) in [7, 11) is 0. The van der Waals surface area contributed by atoms with Gasteiger partial charge in [-0.05, 0) is 19.3 Å². The number of carbonyl (C=O) groups excluding carboxylic acids is 2. The van der Waals surface area contributed by atoms with E-state index >= 15 is 0 Å². The van der Waals surface area contributed by atoms with Crippen LogP contribution in [0.5, 0.6) is 0 Å². The molecule has 0 bridgehead atoms. The summed E-state index contributed by atoms with van der Waals surface area (Å²) in [6.07, 6.45) is 1.73. The van der Waals surface area contributed by atoms with E-state index in [1.807, 2.05) is 0 Å². The van der Waals surface area contributed by atoms with Crippen molar-refractivity contribution < 1.29 is 19.5 Å². The van der Waals surface area contributed by atoms with Crippen LogP contribution in [0.15, 0.2) is 0 Å². The standard InChI is InChI=1S/C13H20N2O4/c1-9(16)14-4-6-15(7-5-14)12(17)10-2-3-11(8-10)13(18)19/h10-11H,2-8H2,1H3,(H,18,19)/t10-,11+/m1/s1. The van der Waals surface area contributed by atoms with Crippen LogP contribution in [-0.2, 0) is 14.4 Å². The number of carbonyl (C=O) groups is 3. The Morgan fingerprint density at radius 1 is 0.947 bits per heavy atom. The summed E-state index contributed by atoms with van der Waals surface area (Å²) >= 11 is 0. The largest absolute Gasteiger partial charge is 0.481 e. The van der Waals surface area contributed by atoms with Gasteiger partial charge in [-0.25, -0.2) is 0 Å². The Kier molecular flexibility index (Phi) is 4.07. The predicted molar refractivity (Wildman–Crippen MR) is 67.3 cm³/mol. The van der Waals surface area contributed by atoms with Crippen molar-refractivity contribution in [3.8, 4) is 0 Å². The van der Waals surface area contributed by atoms with Gasteiger partial charge >= 0.3 is 5.97 Å². The van der Waals surface area contributed by atoms with E-state index in [0.29, 0.717) is 45.4 Å². The molecule has 1 N–H and O–H groups in total. The summed E-state index contributed by atoms with van der Waals surface area (Å²) in [5, 5.41) is 8.95. The molecule has 0 aromatic rings. The second-order valence-electron chi connectivity index (χ2n) is 5.38. The van der Waals surface area contributed by atoms with E-state index in [9.17, 15) is 14.4 Å². The number of aliphatic carboxylic acids is 1. The fourth-order valence-corrected chi connectivity index (χ4v) is 2.93. The van der Waals surface area contributed by atoms with E-state index in [2.05, 4.69) is 0 Å². The lowest BCUT2D eigenvalue weighted by molar-refractivity contribution is -0.143. The van der Waals surface area contributed by atoms with Crippen LogP contribution in [0.4, 0.5) is 0 Å². The molecule has 1 heterocycles. The van der Waals surface area contributed by atoms with Crippen LogP contribution in [0.25, 0.3) is 0 Å². The zero-order valence-corrected chi connectivity index (χ0v) is 11.2. The van der Waals surface area contributed by atoms with Crippen LogP contribution in [0, 0.1) is 11.8 Å². The number of hydrogen-bond donors (Lipinski definition) is 1. The molecule has 6 heteroatoms. The molecule has 6 nitrogen and oxygen atoms in total. The van der Waals surface area contributed by atoms with Crippen molar-refractivity contribution in [2.24, 2.45) is 11.8 Å². The fourth-order valence-electron chi connectivity index (χ4n) is 2.93. The molecule has 106 valence electrons. The first kappa shape index (κ1) is 13.8. The van der Waals surface area contributed by atoms with E-state index in [1.165, 1.54) is 6.92 Å². The SMILES string of the molecule is CC(=O)N1CCN(C(=O)[C@@H]2CC[C@H](C(=O)O)C2)CC1. The lowest BCUT2D eigenvalue weighted by Crippen LogP contribution is -2.51. The van der Waals surface area contributed by atoms with Crippen LogP contribution in [-0.4, -0.2) is 58.9 Å². The summed E-state index contributed by atoms with van der Waals surface area (Å²) in [6.45, 7) is 3.82. The Labute approximate surface area is 112 Å². The minimum absolute atomic E-state index is 0.0407. The van der Waals surface area contributed by atoms with Crippen LogP contribution in [0.1, 0.15) is 26.2 Å². The van der Waals surface area contributed by atoms with Crippen molar-refractivity contribution in [1.82, 2.24) is 9.80 Å². The van der Waals surface area contributed by atoms with Gasteiger partial charge in [0.25, 0.3) is 0 Å². The van der Waals surface area contributed by atoms with Gasteiger partial charge in [0.1, 0.15) is 0 Å². The minimum Gasteiger partial charge on any atom is -0.481 e. The van der Waals surface area contributed by atoms with Gasteiger partial charge in [0.15, 0.2) is 0 Å². The molecule has 2 atom stereocenters. The topological polar surface area (TPSA) is 77.9 Å². The quantitative estimate of drug-likeness (QED) is 0.775. The van der Waals surface area contributed by atoms with E-state index in [0.717, 1.165) is 0 Å². The Bertz CT molecular complexity index is 388. The van der Waals surface area contributed by atoms with Crippen LogP contribution >= 0.6 is 0 Å². The third-order valence-electron chi connectivity index (χ3n) is 4.17. The zero-order chi connectivity index (χ0) is 14.0. The Hall–Kier alpha value is -1.59. The molecule has 1 saturated heterocycles. The molecular weight excluding hydrogens is 248 g/mol. The number of amides is 2. The molecule has 0 spiro atoms. The molecule has 2 rings (SSSR count). The van der Waals surface area contributed by atoms with Gasteiger partial charge in [-0.15, -0.1) is 0 Å². The number of carboxylic acids is 1. The molecule has 1 saturated carbocycles. The third-order valence-corrected chi connectivity index (χ3v) is 4.17. The monoisotopic (exact) mass is 268 g/mol. The summed E-state index contributed by atoms with van der Waals surface area (Å²) in [4.78, 5) is 37.9. The van der Waals surface area contributed by atoms with Crippen molar-refractivity contribution >= 4 is 17.8 Å². The normalized spacial score (nSPS) is 27.4. The van der Waals surface area contributed by atoms with Gasteiger partial charge in [0.05, 0.1) is 5.92 Å². The van der Waals surface area contributed by atoms with E-state index in [1.54, 1.807) is 9.80 Å². The third kappa shape index (κ3) is 3.05. The summed E-state index contributed by atoms with van der Waals surface area (Å²) < 4.78 is 0. The van der Waals surface area contributed by atoms with Gasteiger partial charge in [-0.2, -0.15) is 0 Å². The molecule has 1 aliphatic carbocycles. The van der Waals surface area contributed by atoms with Crippen LogP contribution in [0.3, 0.4) is 0 Å². The van der Waals surface area contributed by atoms with E-state index in [4.69, 9.17) is 5.11 Å². The smallest absolute Gasteiger partial charge is 0.306 e. The van der Waals surface area contributed by atoms with Gasteiger partial charge < -0.3 is 14.9 Å². The number of carboxylic acid groups (broad SMARTS) is 1. The van der Waals surface area contributed by atoms with E-state index < -0.39 is 5.97 Å². The molecule has 19 heavy (non-hydrogen) atoms. The van der Waals surface area contributed by atoms with E-state index in [-0.39, 0.29) is 23.7 Å². The second kappa shape index (κ2) is 5.59. The molecule has 1 aliphatic heterocycles. The zero-order valence-electron chi connectivity index (χ0n) is 11.2. The molecule has 2 fully saturated rings. The molecule has 0 unspecified atom stereocenters. The highest BCUT2D eigenvalue weighted by Crippen LogP contribution is 2.32. The Morgan fingerprint density at radius 3 is 1.95 bits per heavy atom. The van der Waals surface area contributed by atoms with Gasteiger partial charge in [0.2, 0.25) is 11.8 Å². The highest BCUT2D eigenvalue weighted by Gasteiger charge is 2.36. The molecule has 0 radical (unpaired) electrons. The van der Waals surface area contributed by atoms with Crippen molar-refractivity contribution in [2.45, 2.75) is 26.2 Å². The maximum absolute atomic E-state index is 12.3. The molecule has 2 amide bonds. The number of nitrogens with zero attached hydrogens (tertiary/aromatic N) is 2. The molecule has 0 aromatic heterocycles. The predicted octanol–water partition coefficient (Wildman–Crippen LogP) is 0.178. The fraction of sp³-hybridized carbons (Fsp3) is 0.769. The van der Waals surface area contributed by atoms with Crippen LogP contribution in [0.2, 0.25) is 0 Å². The van der Waals surface area contributed by atoms with Crippen molar-refractivity contribution in [2.75, 3.05) is 26.2 Å². The number of rotatable bonds is 2. The first-order valence-electron chi connectivity index (χ1n) is 6.76. The van der Waals surface area contributed by atoms with Gasteiger partial charge in [0, 0.05) is 39.0 Å². The average molecular weight is 268 g/mol. The minimum atomic E-state index is -0.795. The highest BCUT2D eigenvalue weighted by atomic mass is 16.4. The maximum Gasteiger partial charge on any atom is 0.306 e. The van der Waals surface area contributed by atoms with Gasteiger partial charge in [-0.1, -0.05) is 0 Å². The van der Waals surface area contributed by atoms with Crippen LogP contribution < -0.4 is 0 Å². The molecule has 2 aliphatic rings. The van der Waals surface area contributed by atoms with Gasteiger partial charge in [-0.3, -0.25) is 14.4 Å². The average Bonchev–Trinajstić information content (AvgIpc) is 2.87. The first-order valence-corrected chi connectivity index (χ1v) is 6.76. The summed E-state index contributed by atoms with van der Waals surface area (Å²) in [5.41, 5.74) is 0. The highest BCUT2D eigenvalue weighted by molar-refractivity contribution is 5.81. The Balaban J connectivity index is 1.85. The lowest BCUT2D eigenvalue weighted by atomic mass is 10.0. The van der Waals surface area contributed by atoms with Crippen molar-refractivity contribution in [1.29, 1.82) is 0 Å². The summed E-state index contributed by atoms with van der Waals surface area (Å²) in [6, 6.07) is 0. The first-order chi connectivity index (χ1) is 8.99. The van der Waals surface area contributed by atoms with Crippen molar-refractivity contribution in [3.63, 3.8) is 0 Å². The molecular formula is C13H20N2O4. The Morgan fingerprint density at radius 2 is 1.47 bits per heavy atom. The number of hydrogen-bond acceptors (Lipinski definition) is 3. The van der Waals surface area contributed by atoms with Crippen molar-refractivity contribution in [3.05, 3.63) is 0 Å². The number of piperazine rings is 1.